The van der Waals surface area contributed by atoms with Gasteiger partial charge in [0.05, 0.1) is 12.0 Å². The molecule has 4 rings (SSSR count). The number of nitrogens with zero attached hydrogens (tertiary/aromatic N) is 1. The summed E-state index contributed by atoms with van der Waals surface area (Å²) in [7, 11) is 0. The van der Waals surface area contributed by atoms with Crippen LogP contribution in [0.5, 0.6) is 5.75 Å². The summed E-state index contributed by atoms with van der Waals surface area (Å²) in [5.41, 5.74) is 3.05. The zero-order valence-electron chi connectivity index (χ0n) is 15.5. The van der Waals surface area contributed by atoms with Crippen molar-refractivity contribution < 1.29 is 14.3 Å². The molecule has 0 unspecified atom stereocenters. The van der Waals surface area contributed by atoms with Crippen molar-refractivity contribution in [2.24, 2.45) is 0 Å². The predicted molar refractivity (Wildman–Crippen MR) is 105 cm³/mol. The van der Waals surface area contributed by atoms with E-state index in [2.05, 4.69) is 0 Å². The number of piperidine rings is 1. The van der Waals surface area contributed by atoms with Crippen molar-refractivity contribution in [2.75, 3.05) is 13.1 Å². The Balaban J connectivity index is 1.49. The third kappa shape index (κ3) is 3.34. The SMILES string of the molecule is Cc1ccc(C(=O)N2CCC3(CC2)CC(=O)c2cc(Cl)ccc2O3)cc1C. The highest BCUT2D eigenvalue weighted by Crippen LogP contribution is 2.40. The Morgan fingerprint density at radius 1 is 1.07 bits per heavy atom. The van der Waals surface area contributed by atoms with E-state index < -0.39 is 5.60 Å². The minimum Gasteiger partial charge on any atom is -0.486 e. The summed E-state index contributed by atoms with van der Waals surface area (Å²) in [5.74, 6) is 0.708. The van der Waals surface area contributed by atoms with Crippen molar-refractivity contribution in [3.63, 3.8) is 0 Å². The minimum absolute atomic E-state index is 0.0438. The fourth-order valence-electron chi connectivity index (χ4n) is 3.92. The molecule has 27 heavy (non-hydrogen) atoms. The molecule has 1 spiro atoms. The van der Waals surface area contributed by atoms with Gasteiger partial charge < -0.3 is 9.64 Å². The van der Waals surface area contributed by atoms with Crippen molar-refractivity contribution in [2.45, 2.75) is 38.7 Å². The topological polar surface area (TPSA) is 46.6 Å². The number of amides is 1. The van der Waals surface area contributed by atoms with Crippen molar-refractivity contribution in [3.8, 4) is 5.75 Å². The second kappa shape index (κ2) is 6.68. The van der Waals surface area contributed by atoms with Gasteiger partial charge in [-0.2, -0.15) is 0 Å². The maximum absolute atomic E-state index is 12.8. The fraction of sp³-hybridized carbons (Fsp3) is 0.364. The molecule has 2 aliphatic heterocycles. The molecule has 1 fully saturated rings. The van der Waals surface area contributed by atoms with Crippen LogP contribution in [0, 0.1) is 13.8 Å². The van der Waals surface area contributed by atoms with E-state index in [1.165, 1.54) is 5.56 Å². The van der Waals surface area contributed by atoms with E-state index in [-0.39, 0.29) is 11.7 Å². The summed E-state index contributed by atoms with van der Waals surface area (Å²) in [4.78, 5) is 27.3. The van der Waals surface area contributed by atoms with Gasteiger partial charge in [-0.3, -0.25) is 9.59 Å². The number of aryl methyl sites for hydroxylation is 2. The molecule has 0 aliphatic carbocycles. The lowest BCUT2D eigenvalue weighted by molar-refractivity contribution is -0.00570. The van der Waals surface area contributed by atoms with Crippen LogP contribution in [-0.4, -0.2) is 35.3 Å². The van der Waals surface area contributed by atoms with Gasteiger partial charge in [-0.25, -0.2) is 0 Å². The number of rotatable bonds is 1. The number of carbonyl (C=O) groups excluding carboxylic acids is 2. The molecule has 0 aromatic heterocycles. The minimum atomic E-state index is -0.516. The Morgan fingerprint density at radius 3 is 2.52 bits per heavy atom. The zero-order chi connectivity index (χ0) is 19.2. The molecule has 4 nitrogen and oxygen atoms in total. The highest BCUT2D eigenvalue weighted by atomic mass is 35.5. The number of hydrogen-bond acceptors (Lipinski definition) is 3. The van der Waals surface area contributed by atoms with Crippen LogP contribution < -0.4 is 4.74 Å². The molecule has 0 N–H and O–H groups in total. The maximum atomic E-state index is 12.8. The number of likely N-dealkylation sites (tertiary alicyclic amines) is 1. The molecule has 1 saturated heterocycles. The van der Waals surface area contributed by atoms with Crippen molar-refractivity contribution in [1.82, 2.24) is 4.90 Å². The standard InChI is InChI=1S/C22H22ClNO3/c1-14-3-4-16(11-15(14)2)21(26)24-9-7-22(8-10-24)13-19(25)18-12-17(23)5-6-20(18)27-22/h3-6,11-12H,7-10,13H2,1-2H3. The van der Waals surface area contributed by atoms with Gasteiger partial charge in [0.2, 0.25) is 0 Å². The third-order valence-electron chi connectivity index (χ3n) is 5.77. The summed E-state index contributed by atoms with van der Waals surface area (Å²) >= 11 is 6.00. The van der Waals surface area contributed by atoms with Gasteiger partial charge in [-0.1, -0.05) is 17.7 Å². The number of hydrogen-bond donors (Lipinski definition) is 0. The van der Waals surface area contributed by atoms with Crippen LogP contribution in [-0.2, 0) is 0 Å². The Kier molecular flexibility index (Phi) is 4.47. The molecule has 5 heteroatoms. The Morgan fingerprint density at radius 2 is 1.81 bits per heavy atom. The number of carbonyl (C=O) groups is 2. The molecule has 0 bridgehead atoms. The molecule has 2 aliphatic rings. The lowest BCUT2D eigenvalue weighted by Crippen LogP contribution is -2.52. The predicted octanol–water partition coefficient (Wildman–Crippen LogP) is 4.60. The number of ketones is 1. The van der Waals surface area contributed by atoms with E-state index >= 15 is 0 Å². The molecular weight excluding hydrogens is 362 g/mol. The van der Waals surface area contributed by atoms with Crippen LogP contribution in [0.2, 0.25) is 5.02 Å². The average molecular weight is 384 g/mol. The number of ether oxygens (including phenoxy) is 1. The highest BCUT2D eigenvalue weighted by Gasteiger charge is 2.43. The van der Waals surface area contributed by atoms with Crippen LogP contribution in [0.4, 0.5) is 0 Å². The second-order valence-corrected chi connectivity index (χ2v) is 8.05. The monoisotopic (exact) mass is 383 g/mol. The summed E-state index contributed by atoms with van der Waals surface area (Å²) in [6, 6.07) is 11.0. The van der Waals surface area contributed by atoms with Gasteiger partial charge in [-0.15, -0.1) is 0 Å². The molecule has 2 heterocycles. The van der Waals surface area contributed by atoms with Gasteiger partial charge in [0.15, 0.2) is 5.78 Å². The van der Waals surface area contributed by atoms with Crippen molar-refractivity contribution >= 4 is 23.3 Å². The first-order valence-electron chi connectivity index (χ1n) is 9.25. The van der Waals surface area contributed by atoms with Crippen LogP contribution in [0.3, 0.4) is 0 Å². The van der Waals surface area contributed by atoms with Gasteiger partial charge in [0, 0.05) is 36.5 Å². The summed E-state index contributed by atoms with van der Waals surface area (Å²) < 4.78 is 6.24. The first-order valence-corrected chi connectivity index (χ1v) is 9.63. The van der Waals surface area contributed by atoms with Gasteiger partial charge in [0.1, 0.15) is 11.4 Å². The molecule has 1 amide bonds. The van der Waals surface area contributed by atoms with Crippen molar-refractivity contribution in [1.29, 1.82) is 0 Å². The summed E-state index contributed by atoms with van der Waals surface area (Å²) in [6.45, 7) is 5.23. The Bertz CT molecular complexity index is 929. The van der Waals surface area contributed by atoms with Gasteiger partial charge >= 0.3 is 0 Å². The normalized spacial score (nSPS) is 18.2. The number of Topliss-reactive ketones (excluding diaryl/α,β-unsaturated/α-hetero) is 1. The average Bonchev–Trinajstić information content (AvgIpc) is 2.65. The third-order valence-corrected chi connectivity index (χ3v) is 6.00. The van der Waals surface area contributed by atoms with E-state index in [0.29, 0.717) is 48.7 Å². The first-order chi connectivity index (χ1) is 12.9. The highest BCUT2D eigenvalue weighted by molar-refractivity contribution is 6.31. The van der Waals surface area contributed by atoms with E-state index in [1.54, 1.807) is 18.2 Å². The Labute approximate surface area is 164 Å². The second-order valence-electron chi connectivity index (χ2n) is 7.62. The molecule has 0 saturated carbocycles. The molecule has 2 aromatic carbocycles. The fourth-order valence-corrected chi connectivity index (χ4v) is 4.09. The maximum Gasteiger partial charge on any atom is 0.253 e. The van der Waals surface area contributed by atoms with Crippen LogP contribution in [0.15, 0.2) is 36.4 Å². The number of fused-ring (bicyclic) bond motifs is 1. The zero-order valence-corrected chi connectivity index (χ0v) is 16.3. The van der Waals surface area contributed by atoms with Crippen LogP contribution in [0.1, 0.15) is 51.1 Å². The van der Waals surface area contributed by atoms with E-state index in [1.807, 2.05) is 36.9 Å². The summed E-state index contributed by atoms with van der Waals surface area (Å²) in [5, 5.41) is 0.537. The van der Waals surface area contributed by atoms with Crippen molar-refractivity contribution in [3.05, 3.63) is 63.7 Å². The van der Waals surface area contributed by atoms with Crippen LogP contribution >= 0.6 is 11.6 Å². The number of benzene rings is 2. The van der Waals surface area contributed by atoms with E-state index in [4.69, 9.17) is 16.3 Å². The molecular formula is C22H22ClNO3. The molecule has 2 aromatic rings. The molecule has 0 radical (unpaired) electrons. The van der Waals surface area contributed by atoms with E-state index in [9.17, 15) is 9.59 Å². The lowest BCUT2D eigenvalue weighted by Gasteiger charge is -2.44. The summed E-state index contributed by atoms with van der Waals surface area (Å²) in [6.07, 6.45) is 1.64. The smallest absolute Gasteiger partial charge is 0.253 e. The van der Waals surface area contributed by atoms with Gasteiger partial charge in [-0.05, 0) is 55.3 Å². The first kappa shape index (κ1) is 18.1. The number of halogens is 1. The quantitative estimate of drug-likeness (QED) is 0.723. The van der Waals surface area contributed by atoms with Crippen LogP contribution in [0.25, 0.3) is 0 Å². The molecule has 0 atom stereocenters. The lowest BCUT2D eigenvalue weighted by atomic mass is 9.82. The Hall–Kier alpha value is -2.33. The van der Waals surface area contributed by atoms with Gasteiger partial charge in [0.25, 0.3) is 5.91 Å². The van der Waals surface area contributed by atoms with E-state index in [0.717, 1.165) is 11.1 Å². The molecule has 140 valence electrons. The largest absolute Gasteiger partial charge is 0.486 e.